The van der Waals surface area contributed by atoms with E-state index in [1.807, 2.05) is 0 Å². The third-order valence-corrected chi connectivity index (χ3v) is 2.68. The number of carbonyl (C=O) groups excluding carboxylic acids is 1. The molecule has 0 aromatic carbocycles. The van der Waals surface area contributed by atoms with E-state index in [1.54, 1.807) is 13.0 Å². The summed E-state index contributed by atoms with van der Waals surface area (Å²) < 4.78 is 5.32. The maximum absolute atomic E-state index is 11.0. The van der Waals surface area contributed by atoms with Gasteiger partial charge in [0.2, 0.25) is 0 Å². The first-order valence-corrected chi connectivity index (χ1v) is 5.79. The molecule has 20 heavy (non-hydrogen) atoms. The molecule has 0 spiro atoms. The monoisotopic (exact) mass is 275 g/mol. The van der Waals surface area contributed by atoms with E-state index in [-0.39, 0.29) is 17.8 Å². The van der Waals surface area contributed by atoms with Crippen LogP contribution in [0, 0.1) is 6.92 Å². The van der Waals surface area contributed by atoms with Crippen LogP contribution in [-0.4, -0.2) is 22.0 Å². The third kappa shape index (κ3) is 2.94. The minimum Gasteiger partial charge on any atom is -0.478 e. The van der Waals surface area contributed by atoms with Gasteiger partial charge in [-0.25, -0.2) is 4.79 Å². The fraction of sp³-hybridized carbons (Fsp3) is 0.154. The smallest absolute Gasteiger partial charge is 0.339 e. The molecule has 0 aliphatic carbocycles. The molecule has 2 aromatic rings. The number of nitrogens with zero attached hydrogens (tertiary/aromatic N) is 1. The van der Waals surface area contributed by atoms with Crippen molar-refractivity contribution in [3.05, 3.63) is 47.2 Å². The lowest BCUT2D eigenvalue weighted by atomic mass is 10.2. The molecule has 0 fully saturated rings. The van der Waals surface area contributed by atoms with Gasteiger partial charge >= 0.3 is 5.97 Å². The van der Waals surface area contributed by atoms with Crippen molar-refractivity contribution in [1.29, 1.82) is 0 Å². The van der Waals surface area contributed by atoms with Crippen LogP contribution in [0.1, 0.15) is 32.4 Å². The highest BCUT2D eigenvalue weighted by Gasteiger charge is 2.13. The third-order valence-electron chi connectivity index (χ3n) is 2.68. The number of carboxylic acids is 1. The van der Waals surface area contributed by atoms with E-state index in [2.05, 4.69) is 10.3 Å². The summed E-state index contributed by atoms with van der Waals surface area (Å²) in [6.45, 7) is 1.88. The molecule has 1 amide bonds. The molecule has 2 rings (SSSR count). The molecule has 0 unspecified atom stereocenters. The molecule has 2 heterocycles. The molecule has 0 saturated heterocycles. The number of nitrogens with two attached hydrogens (primary N) is 1. The molecule has 7 nitrogen and oxygen atoms in total. The maximum Gasteiger partial charge on any atom is 0.339 e. The molecule has 0 bridgehead atoms. The van der Waals surface area contributed by atoms with Crippen molar-refractivity contribution in [1.82, 2.24) is 4.98 Å². The summed E-state index contributed by atoms with van der Waals surface area (Å²) >= 11 is 0. The fourth-order valence-electron chi connectivity index (χ4n) is 1.71. The zero-order chi connectivity index (χ0) is 14.7. The predicted octanol–water partition coefficient (Wildman–Crippen LogP) is 1.39. The maximum atomic E-state index is 11.0. The van der Waals surface area contributed by atoms with Crippen molar-refractivity contribution in [2.24, 2.45) is 5.73 Å². The lowest BCUT2D eigenvalue weighted by Gasteiger charge is -2.04. The van der Waals surface area contributed by atoms with E-state index in [0.29, 0.717) is 17.2 Å². The van der Waals surface area contributed by atoms with Gasteiger partial charge in [-0.1, -0.05) is 0 Å². The number of aromatic nitrogens is 1. The normalized spacial score (nSPS) is 10.2. The Morgan fingerprint density at radius 2 is 2.20 bits per heavy atom. The second-order valence-corrected chi connectivity index (χ2v) is 4.14. The van der Waals surface area contributed by atoms with Crippen molar-refractivity contribution in [3.63, 3.8) is 0 Å². The number of nitrogens with one attached hydrogen (secondary N) is 1. The summed E-state index contributed by atoms with van der Waals surface area (Å²) in [5.74, 6) is -0.813. The number of aryl methyl sites for hydroxylation is 1. The van der Waals surface area contributed by atoms with Crippen molar-refractivity contribution >= 4 is 17.6 Å². The Labute approximate surface area is 114 Å². The number of primary amides is 1. The Hall–Kier alpha value is -2.83. The van der Waals surface area contributed by atoms with E-state index in [4.69, 9.17) is 15.3 Å². The van der Waals surface area contributed by atoms with Crippen LogP contribution in [0.3, 0.4) is 0 Å². The number of furan rings is 1. The average Bonchev–Trinajstić information content (AvgIpc) is 2.78. The zero-order valence-electron chi connectivity index (χ0n) is 10.7. The van der Waals surface area contributed by atoms with Crippen LogP contribution in [0.2, 0.25) is 0 Å². The van der Waals surface area contributed by atoms with Gasteiger partial charge in [0.25, 0.3) is 5.91 Å². The van der Waals surface area contributed by atoms with Gasteiger partial charge < -0.3 is 20.6 Å². The number of rotatable bonds is 5. The molecular formula is C13H13N3O4. The Kier molecular flexibility index (Phi) is 3.69. The average molecular weight is 275 g/mol. The van der Waals surface area contributed by atoms with E-state index in [9.17, 15) is 9.59 Å². The topological polar surface area (TPSA) is 118 Å². The molecule has 2 aromatic heterocycles. The number of aromatic carboxylic acids is 1. The lowest BCUT2D eigenvalue weighted by molar-refractivity contribution is 0.0694. The van der Waals surface area contributed by atoms with Gasteiger partial charge in [-0.05, 0) is 25.1 Å². The van der Waals surface area contributed by atoms with Crippen LogP contribution in [0.4, 0.5) is 5.69 Å². The standard InChI is InChI=1S/C13H13N3O4/c1-7-10(13(18)19)5-9(20-7)6-16-8-2-3-15-11(4-8)12(14)17/h2-5H,6H2,1H3,(H2,14,17)(H,15,16)(H,18,19). The molecule has 0 saturated carbocycles. The molecule has 7 heteroatoms. The summed E-state index contributed by atoms with van der Waals surface area (Å²) in [7, 11) is 0. The summed E-state index contributed by atoms with van der Waals surface area (Å²) in [6, 6.07) is 4.64. The van der Waals surface area contributed by atoms with Gasteiger partial charge in [0.1, 0.15) is 22.8 Å². The van der Waals surface area contributed by atoms with Crippen LogP contribution >= 0.6 is 0 Å². The summed E-state index contributed by atoms with van der Waals surface area (Å²) in [6.07, 6.45) is 1.46. The Morgan fingerprint density at radius 3 is 2.80 bits per heavy atom. The van der Waals surface area contributed by atoms with Crippen LogP contribution < -0.4 is 11.1 Å². The van der Waals surface area contributed by atoms with E-state index in [1.165, 1.54) is 18.3 Å². The summed E-state index contributed by atoms with van der Waals surface area (Å²) in [5, 5.41) is 11.9. The van der Waals surface area contributed by atoms with Crippen molar-refractivity contribution in [3.8, 4) is 0 Å². The van der Waals surface area contributed by atoms with Crippen molar-refractivity contribution < 1.29 is 19.1 Å². The highest BCUT2D eigenvalue weighted by molar-refractivity contribution is 5.91. The van der Waals surface area contributed by atoms with Gasteiger partial charge in [0, 0.05) is 11.9 Å². The van der Waals surface area contributed by atoms with E-state index < -0.39 is 11.9 Å². The van der Waals surface area contributed by atoms with Gasteiger partial charge in [-0.3, -0.25) is 9.78 Å². The zero-order valence-corrected chi connectivity index (χ0v) is 10.7. The molecule has 104 valence electrons. The van der Waals surface area contributed by atoms with Gasteiger partial charge in [0.15, 0.2) is 0 Å². The largest absolute Gasteiger partial charge is 0.478 e. The molecular weight excluding hydrogens is 262 g/mol. The second-order valence-electron chi connectivity index (χ2n) is 4.14. The Balaban J connectivity index is 2.09. The summed E-state index contributed by atoms with van der Waals surface area (Å²) in [5.41, 5.74) is 6.06. The Morgan fingerprint density at radius 1 is 1.45 bits per heavy atom. The predicted molar refractivity (Wildman–Crippen MR) is 70.5 cm³/mol. The van der Waals surface area contributed by atoms with Crippen LogP contribution in [0.25, 0.3) is 0 Å². The van der Waals surface area contributed by atoms with Crippen LogP contribution in [-0.2, 0) is 6.54 Å². The SMILES string of the molecule is Cc1oc(CNc2ccnc(C(N)=O)c2)cc1C(=O)O. The van der Waals surface area contributed by atoms with Gasteiger partial charge in [-0.15, -0.1) is 0 Å². The Bertz CT molecular complexity index is 663. The molecule has 4 N–H and O–H groups in total. The first kappa shape index (κ1) is 13.6. The van der Waals surface area contributed by atoms with Crippen LogP contribution in [0.15, 0.2) is 28.8 Å². The van der Waals surface area contributed by atoms with Gasteiger partial charge in [0.05, 0.1) is 6.54 Å². The number of amides is 1. The quantitative estimate of drug-likeness (QED) is 0.758. The minimum atomic E-state index is -1.03. The fourth-order valence-corrected chi connectivity index (χ4v) is 1.71. The highest BCUT2D eigenvalue weighted by atomic mass is 16.4. The summed E-state index contributed by atoms with van der Waals surface area (Å²) in [4.78, 5) is 25.7. The molecule has 0 aliphatic heterocycles. The molecule has 0 radical (unpaired) electrons. The van der Waals surface area contributed by atoms with Crippen molar-refractivity contribution in [2.75, 3.05) is 5.32 Å². The van der Waals surface area contributed by atoms with E-state index in [0.717, 1.165) is 0 Å². The lowest BCUT2D eigenvalue weighted by Crippen LogP contribution is -2.13. The van der Waals surface area contributed by atoms with E-state index >= 15 is 0 Å². The highest BCUT2D eigenvalue weighted by Crippen LogP contribution is 2.16. The molecule has 0 atom stereocenters. The number of pyridine rings is 1. The van der Waals surface area contributed by atoms with Crippen LogP contribution in [0.5, 0.6) is 0 Å². The van der Waals surface area contributed by atoms with Crippen molar-refractivity contribution in [2.45, 2.75) is 13.5 Å². The second kappa shape index (κ2) is 5.43. The first-order valence-electron chi connectivity index (χ1n) is 5.79. The number of carboxylic acid groups (broad SMARTS) is 1. The first-order chi connectivity index (χ1) is 9.47. The van der Waals surface area contributed by atoms with Gasteiger partial charge in [-0.2, -0.15) is 0 Å². The number of carbonyl (C=O) groups is 2. The minimum absolute atomic E-state index is 0.134. The number of hydrogen-bond donors (Lipinski definition) is 3. The number of hydrogen-bond acceptors (Lipinski definition) is 5. The number of anilines is 1. The molecule has 0 aliphatic rings.